The van der Waals surface area contributed by atoms with Crippen LogP contribution in [0.1, 0.15) is 39.5 Å². The summed E-state index contributed by atoms with van der Waals surface area (Å²) in [5, 5.41) is 13.0. The van der Waals surface area contributed by atoms with Crippen LogP contribution in [0.15, 0.2) is 11.8 Å². The summed E-state index contributed by atoms with van der Waals surface area (Å²) in [6, 6.07) is 0. The number of carbonyl (C=O) groups excluding carboxylic acids is 1. The number of carbonyl (C=O) groups is 1. The molecule has 0 fully saturated rings. The Balaban J connectivity index is 2.30. The molecule has 1 unspecified atom stereocenters. The summed E-state index contributed by atoms with van der Waals surface area (Å²) in [6.45, 7) is 4.75. The Bertz CT molecular complexity index is 244. The second-order valence-electron chi connectivity index (χ2n) is 4.16. The highest BCUT2D eigenvalue weighted by Crippen LogP contribution is 2.15. The zero-order valence-corrected chi connectivity index (χ0v) is 9.62. The second kappa shape index (κ2) is 5.91. The van der Waals surface area contributed by atoms with Crippen molar-refractivity contribution in [3.8, 4) is 0 Å². The van der Waals surface area contributed by atoms with Gasteiger partial charge in [0, 0.05) is 24.7 Å². The van der Waals surface area contributed by atoms with E-state index in [0.717, 1.165) is 25.0 Å². The summed E-state index contributed by atoms with van der Waals surface area (Å²) >= 11 is 0. The van der Waals surface area contributed by atoms with Crippen LogP contribution in [-0.4, -0.2) is 23.5 Å². The average molecular weight is 211 g/mol. The molecule has 15 heavy (non-hydrogen) atoms. The van der Waals surface area contributed by atoms with Gasteiger partial charge in [0.1, 0.15) is 0 Å². The molecule has 0 aromatic heterocycles. The number of hydrogen-bond donors (Lipinski definition) is 2. The summed E-state index contributed by atoms with van der Waals surface area (Å²) in [7, 11) is 0. The van der Waals surface area contributed by atoms with Gasteiger partial charge in [-0.25, -0.2) is 0 Å². The lowest BCUT2D eigenvalue weighted by Crippen LogP contribution is -2.31. The van der Waals surface area contributed by atoms with Crippen LogP contribution in [0.3, 0.4) is 0 Å². The molecule has 0 aromatic carbocycles. The van der Waals surface area contributed by atoms with Gasteiger partial charge >= 0.3 is 0 Å². The van der Waals surface area contributed by atoms with E-state index in [1.54, 1.807) is 6.08 Å². The molecule has 1 rings (SSSR count). The summed E-state index contributed by atoms with van der Waals surface area (Å²) in [5.74, 6) is 0.546. The predicted octanol–water partition coefficient (Wildman–Crippen LogP) is 1.62. The number of rotatable bonds is 6. The molecule has 3 nitrogen and oxygen atoms in total. The summed E-state index contributed by atoms with van der Waals surface area (Å²) in [5.41, 5.74) is 0.977. The van der Waals surface area contributed by atoms with Crippen LogP contribution in [0.2, 0.25) is 0 Å². The number of nitrogens with one attached hydrogen (secondary N) is 1. The van der Waals surface area contributed by atoms with Gasteiger partial charge in [-0.1, -0.05) is 26.7 Å². The molecule has 1 aliphatic rings. The van der Waals surface area contributed by atoms with E-state index in [0.29, 0.717) is 18.9 Å². The molecule has 0 amide bonds. The lowest BCUT2D eigenvalue weighted by atomic mass is 9.96. The van der Waals surface area contributed by atoms with Crippen LogP contribution >= 0.6 is 0 Å². The summed E-state index contributed by atoms with van der Waals surface area (Å²) in [6.07, 6.45) is 4.75. The third-order valence-corrected chi connectivity index (χ3v) is 3.11. The zero-order chi connectivity index (χ0) is 11.3. The maximum absolute atomic E-state index is 11.0. The maximum Gasteiger partial charge on any atom is 0.157 e. The van der Waals surface area contributed by atoms with E-state index in [9.17, 15) is 9.90 Å². The van der Waals surface area contributed by atoms with Gasteiger partial charge in [-0.05, 0) is 12.3 Å². The number of ketones is 1. The first-order chi connectivity index (χ1) is 7.17. The highest BCUT2D eigenvalue weighted by Gasteiger charge is 2.17. The van der Waals surface area contributed by atoms with Gasteiger partial charge < -0.3 is 10.4 Å². The number of allylic oxidation sites excluding steroid dienone is 2. The summed E-state index contributed by atoms with van der Waals surface area (Å²) in [4.78, 5) is 11.0. The number of hydrogen-bond acceptors (Lipinski definition) is 3. The van der Waals surface area contributed by atoms with E-state index >= 15 is 0 Å². The lowest BCUT2D eigenvalue weighted by molar-refractivity contribution is -0.114. The molecule has 0 heterocycles. The molecule has 0 aromatic rings. The SMILES string of the molecule is CCC(CC)C(O)CNC1=CC(=O)CC1. The minimum absolute atomic E-state index is 0.189. The fraction of sp³-hybridized carbons (Fsp3) is 0.750. The summed E-state index contributed by atoms with van der Waals surface area (Å²) < 4.78 is 0. The minimum Gasteiger partial charge on any atom is -0.391 e. The van der Waals surface area contributed by atoms with Crippen molar-refractivity contribution in [2.45, 2.75) is 45.6 Å². The predicted molar refractivity (Wildman–Crippen MR) is 60.4 cm³/mol. The molecule has 0 bridgehead atoms. The highest BCUT2D eigenvalue weighted by atomic mass is 16.3. The molecule has 1 aliphatic carbocycles. The van der Waals surface area contributed by atoms with Crippen molar-refractivity contribution in [1.29, 1.82) is 0 Å². The highest BCUT2D eigenvalue weighted by molar-refractivity contribution is 5.92. The van der Waals surface area contributed by atoms with Gasteiger partial charge in [-0.15, -0.1) is 0 Å². The first-order valence-corrected chi connectivity index (χ1v) is 5.82. The van der Waals surface area contributed by atoms with E-state index in [4.69, 9.17) is 0 Å². The molecule has 86 valence electrons. The molecule has 1 atom stereocenters. The molecule has 0 saturated heterocycles. The maximum atomic E-state index is 11.0. The Morgan fingerprint density at radius 2 is 2.07 bits per heavy atom. The van der Waals surface area contributed by atoms with Gasteiger partial charge in [0.2, 0.25) is 0 Å². The van der Waals surface area contributed by atoms with Crippen LogP contribution in [0.4, 0.5) is 0 Å². The third kappa shape index (κ3) is 3.67. The normalized spacial score (nSPS) is 18.1. The van der Waals surface area contributed by atoms with Crippen molar-refractivity contribution >= 4 is 5.78 Å². The van der Waals surface area contributed by atoms with Crippen molar-refractivity contribution in [2.24, 2.45) is 5.92 Å². The lowest BCUT2D eigenvalue weighted by Gasteiger charge is -2.21. The monoisotopic (exact) mass is 211 g/mol. The van der Waals surface area contributed by atoms with E-state index in [1.807, 2.05) is 0 Å². The molecule has 0 radical (unpaired) electrons. The van der Waals surface area contributed by atoms with Gasteiger partial charge in [-0.2, -0.15) is 0 Å². The first-order valence-electron chi connectivity index (χ1n) is 5.82. The minimum atomic E-state index is -0.309. The van der Waals surface area contributed by atoms with Crippen molar-refractivity contribution in [3.63, 3.8) is 0 Å². The molecular weight excluding hydrogens is 190 g/mol. The smallest absolute Gasteiger partial charge is 0.157 e. The largest absolute Gasteiger partial charge is 0.391 e. The second-order valence-corrected chi connectivity index (χ2v) is 4.16. The van der Waals surface area contributed by atoms with Gasteiger partial charge in [-0.3, -0.25) is 4.79 Å². The molecule has 2 N–H and O–H groups in total. The molecule has 0 saturated carbocycles. The Morgan fingerprint density at radius 1 is 1.40 bits per heavy atom. The van der Waals surface area contributed by atoms with Crippen molar-refractivity contribution in [1.82, 2.24) is 5.32 Å². The topological polar surface area (TPSA) is 49.3 Å². The Kier molecular flexibility index (Phi) is 4.82. The van der Waals surface area contributed by atoms with Crippen molar-refractivity contribution in [3.05, 3.63) is 11.8 Å². The van der Waals surface area contributed by atoms with Gasteiger partial charge in [0.25, 0.3) is 0 Å². The van der Waals surface area contributed by atoms with E-state index in [1.165, 1.54) is 0 Å². The fourth-order valence-corrected chi connectivity index (χ4v) is 1.97. The van der Waals surface area contributed by atoms with E-state index < -0.39 is 0 Å². The van der Waals surface area contributed by atoms with Crippen LogP contribution < -0.4 is 5.32 Å². The first kappa shape index (κ1) is 12.2. The van der Waals surface area contributed by atoms with E-state index in [2.05, 4.69) is 19.2 Å². The Labute approximate surface area is 91.6 Å². The van der Waals surface area contributed by atoms with Crippen LogP contribution in [-0.2, 0) is 4.79 Å². The Morgan fingerprint density at radius 3 is 2.53 bits per heavy atom. The van der Waals surface area contributed by atoms with Crippen molar-refractivity contribution < 1.29 is 9.90 Å². The quantitative estimate of drug-likeness (QED) is 0.702. The molecule has 0 spiro atoms. The number of aliphatic hydroxyl groups is 1. The average Bonchev–Trinajstić information content (AvgIpc) is 2.63. The fourth-order valence-electron chi connectivity index (χ4n) is 1.97. The molecule has 3 heteroatoms. The Hall–Kier alpha value is -0.830. The van der Waals surface area contributed by atoms with Gasteiger partial charge in [0.15, 0.2) is 5.78 Å². The van der Waals surface area contributed by atoms with Crippen LogP contribution in [0.25, 0.3) is 0 Å². The van der Waals surface area contributed by atoms with Gasteiger partial charge in [0.05, 0.1) is 6.10 Å². The zero-order valence-electron chi connectivity index (χ0n) is 9.62. The van der Waals surface area contributed by atoms with Crippen molar-refractivity contribution in [2.75, 3.05) is 6.54 Å². The number of aliphatic hydroxyl groups excluding tert-OH is 1. The van der Waals surface area contributed by atoms with Crippen LogP contribution in [0.5, 0.6) is 0 Å². The third-order valence-electron chi connectivity index (χ3n) is 3.11. The van der Waals surface area contributed by atoms with Crippen LogP contribution in [0, 0.1) is 5.92 Å². The van der Waals surface area contributed by atoms with E-state index in [-0.39, 0.29) is 11.9 Å². The molecule has 0 aliphatic heterocycles. The standard InChI is InChI=1S/C12H21NO2/c1-3-9(4-2)12(15)8-13-10-5-6-11(14)7-10/h7,9,12-13,15H,3-6,8H2,1-2H3. The molecular formula is C12H21NO2.